The number of rotatable bonds is 2. The van der Waals surface area contributed by atoms with E-state index in [4.69, 9.17) is 4.74 Å². The third kappa shape index (κ3) is 2.32. The van der Waals surface area contributed by atoms with Crippen LogP contribution in [0.15, 0.2) is 54.6 Å². The van der Waals surface area contributed by atoms with E-state index in [9.17, 15) is 5.26 Å². The Hall–Kier alpha value is -2.86. The number of nitriles is 1. The number of hydrogen-bond donors (Lipinski definition) is 0. The summed E-state index contributed by atoms with van der Waals surface area (Å²) in [6.45, 7) is 2.00. The minimum Gasteiger partial charge on any atom is -0.439 e. The summed E-state index contributed by atoms with van der Waals surface area (Å²) in [4.78, 5) is 4.44. The fourth-order valence-corrected chi connectivity index (χ4v) is 2.10. The number of nitrogens with zero attached hydrogens (tertiary/aromatic N) is 2. The van der Waals surface area contributed by atoms with Gasteiger partial charge in [-0.15, -0.1) is 0 Å². The lowest BCUT2D eigenvalue weighted by Gasteiger charge is -2.07. The first-order chi connectivity index (χ1) is 9.76. The van der Waals surface area contributed by atoms with E-state index in [2.05, 4.69) is 11.1 Å². The minimum absolute atomic E-state index is 0.436. The lowest BCUT2D eigenvalue weighted by atomic mass is 10.1. The Labute approximate surface area is 117 Å². The van der Waals surface area contributed by atoms with Crippen LogP contribution in [0.4, 0.5) is 0 Å². The summed E-state index contributed by atoms with van der Waals surface area (Å²) in [5.74, 6) is 1.16. The largest absolute Gasteiger partial charge is 0.439 e. The number of para-hydroxylation sites is 1. The normalized spacial score (nSPS) is 10.2. The molecule has 3 heteroatoms. The second-order valence-corrected chi connectivity index (χ2v) is 4.56. The molecule has 0 amide bonds. The van der Waals surface area contributed by atoms with Gasteiger partial charge in [0.05, 0.1) is 11.1 Å². The Balaban J connectivity index is 2.06. The van der Waals surface area contributed by atoms with Crippen LogP contribution in [-0.4, -0.2) is 4.98 Å². The molecule has 0 aliphatic carbocycles. The molecule has 0 radical (unpaired) electrons. The molecule has 3 aromatic rings. The predicted molar refractivity (Wildman–Crippen MR) is 77.7 cm³/mol. The maximum absolute atomic E-state index is 9.24. The fourth-order valence-electron chi connectivity index (χ4n) is 2.10. The van der Waals surface area contributed by atoms with Gasteiger partial charge in [0.2, 0.25) is 5.88 Å². The van der Waals surface area contributed by atoms with Crippen LogP contribution in [-0.2, 0) is 0 Å². The lowest BCUT2D eigenvalue weighted by molar-refractivity contribution is 0.464. The molecule has 0 atom stereocenters. The second kappa shape index (κ2) is 5.02. The van der Waals surface area contributed by atoms with Crippen molar-refractivity contribution >= 4 is 10.9 Å². The van der Waals surface area contributed by atoms with Crippen LogP contribution >= 0.6 is 0 Å². The molecule has 0 fully saturated rings. The summed E-state index contributed by atoms with van der Waals surface area (Å²) >= 11 is 0. The number of aromatic nitrogens is 1. The summed E-state index contributed by atoms with van der Waals surface area (Å²) in [7, 11) is 0. The van der Waals surface area contributed by atoms with Crippen LogP contribution in [0, 0.1) is 18.3 Å². The molecule has 3 nitrogen and oxygen atoms in total. The van der Waals surface area contributed by atoms with Crippen LogP contribution < -0.4 is 4.74 Å². The van der Waals surface area contributed by atoms with E-state index in [-0.39, 0.29) is 0 Å². The molecule has 0 saturated carbocycles. The highest BCUT2D eigenvalue weighted by atomic mass is 16.5. The van der Waals surface area contributed by atoms with Crippen LogP contribution in [0.25, 0.3) is 10.9 Å². The fraction of sp³-hybridized carbons (Fsp3) is 0.0588. The number of ether oxygens (including phenoxy) is 1. The molecule has 0 aliphatic heterocycles. The Morgan fingerprint density at radius 2 is 1.90 bits per heavy atom. The maximum atomic E-state index is 9.24. The molecule has 0 aliphatic rings. The van der Waals surface area contributed by atoms with Gasteiger partial charge >= 0.3 is 0 Å². The minimum atomic E-state index is 0.436. The van der Waals surface area contributed by atoms with E-state index in [0.717, 1.165) is 22.2 Å². The molecule has 1 aromatic heterocycles. The van der Waals surface area contributed by atoms with Crippen LogP contribution in [0.1, 0.15) is 11.1 Å². The quantitative estimate of drug-likeness (QED) is 0.693. The van der Waals surface area contributed by atoms with Crippen LogP contribution in [0.5, 0.6) is 11.6 Å². The molecule has 0 spiro atoms. The smallest absolute Gasteiger partial charge is 0.221 e. The van der Waals surface area contributed by atoms with E-state index >= 15 is 0 Å². The molecular formula is C17H12N2O. The molecule has 96 valence electrons. The van der Waals surface area contributed by atoms with Crippen LogP contribution in [0.3, 0.4) is 0 Å². The van der Waals surface area contributed by atoms with Gasteiger partial charge in [0.15, 0.2) is 0 Å². The van der Waals surface area contributed by atoms with Gasteiger partial charge in [-0.3, -0.25) is 0 Å². The zero-order valence-electron chi connectivity index (χ0n) is 11.0. The van der Waals surface area contributed by atoms with E-state index in [0.29, 0.717) is 11.4 Å². The van der Waals surface area contributed by atoms with E-state index in [1.54, 1.807) is 6.07 Å². The Bertz CT molecular complexity index is 819. The zero-order chi connectivity index (χ0) is 13.9. The highest BCUT2D eigenvalue weighted by molar-refractivity contribution is 5.85. The number of hydrogen-bond acceptors (Lipinski definition) is 3. The highest BCUT2D eigenvalue weighted by Crippen LogP contribution is 2.25. The Morgan fingerprint density at radius 3 is 2.70 bits per heavy atom. The molecule has 0 bridgehead atoms. The summed E-state index contributed by atoms with van der Waals surface area (Å²) in [6.07, 6.45) is 0. The van der Waals surface area contributed by atoms with Crippen molar-refractivity contribution in [2.45, 2.75) is 6.92 Å². The standard InChI is InChI=1S/C17H12N2O/c1-12-5-4-6-14(9-12)20-17-10-13(11-18)15-7-2-3-8-16(15)19-17/h2-10H,1H3. The average molecular weight is 260 g/mol. The van der Waals surface area contributed by atoms with Gasteiger partial charge in [-0.05, 0) is 30.7 Å². The van der Waals surface area contributed by atoms with Crippen molar-refractivity contribution in [3.05, 3.63) is 65.7 Å². The zero-order valence-corrected chi connectivity index (χ0v) is 11.0. The van der Waals surface area contributed by atoms with Gasteiger partial charge in [0.25, 0.3) is 0 Å². The van der Waals surface area contributed by atoms with E-state index in [1.165, 1.54) is 0 Å². The van der Waals surface area contributed by atoms with Crippen molar-refractivity contribution in [1.29, 1.82) is 5.26 Å². The molecule has 2 aromatic carbocycles. The van der Waals surface area contributed by atoms with Gasteiger partial charge < -0.3 is 4.74 Å². The van der Waals surface area contributed by atoms with Gasteiger partial charge in [0, 0.05) is 11.5 Å². The summed E-state index contributed by atoms with van der Waals surface area (Å²) in [5.41, 5.74) is 2.44. The molecule has 1 heterocycles. The van der Waals surface area contributed by atoms with E-state index in [1.807, 2.05) is 55.5 Å². The summed E-state index contributed by atoms with van der Waals surface area (Å²) in [5, 5.41) is 10.1. The first-order valence-corrected chi connectivity index (χ1v) is 6.31. The van der Waals surface area contributed by atoms with Crippen molar-refractivity contribution < 1.29 is 4.74 Å². The second-order valence-electron chi connectivity index (χ2n) is 4.56. The van der Waals surface area contributed by atoms with Gasteiger partial charge in [0.1, 0.15) is 11.8 Å². The molecule has 0 N–H and O–H groups in total. The predicted octanol–water partition coefficient (Wildman–Crippen LogP) is 4.21. The van der Waals surface area contributed by atoms with Crippen molar-refractivity contribution in [3.8, 4) is 17.7 Å². The number of fused-ring (bicyclic) bond motifs is 1. The van der Waals surface area contributed by atoms with Crippen molar-refractivity contribution in [3.63, 3.8) is 0 Å². The lowest BCUT2D eigenvalue weighted by Crippen LogP contribution is -1.91. The molecule has 20 heavy (non-hydrogen) atoms. The monoisotopic (exact) mass is 260 g/mol. The van der Waals surface area contributed by atoms with Gasteiger partial charge in [-0.1, -0.05) is 30.3 Å². The number of pyridine rings is 1. The van der Waals surface area contributed by atoms with Crippen molar-refractivity contribution in [2.24, 2.45) is 0 Å². The van der Waals surface area contributed by atoms with Crippen LogP contribution in [0.2, 0.25) is 0 Å². The van der Waals surface area contributed by atoms with Gasteiger partial charge in [-0.25, -0.2) is 4.98 Å². The average Bonchev–Trinajstić information content (AvgIpc) is 2.46. The third-order valence-corrected chi connectivity index (χ3v) is 3.03. The Morgan fingerprint density at radius 1 is 1.05 bits per heavy atom. The number of aryl methyl sites for hydroxylation is 1. The van der Waals surface area contributed by atoms with E-state index < -0.39 is 0 Å². The molecule has 3 rings (SSSR count). The molecule has 0 unspecified atom stereocenters. The first-order valence-electron chi connectivity index (χ1n) is 6.31. The molecular weight excluding hydrogens is 248 g/mol. The Kier molecular flexibility index (Phi) is 3.06. The molecule has 0 saturated heterocycles. The van der Waals surface area contributed by atoms with Crippen molar-refractivity contribution in [2.75, 3.05) is 0 Å². The number of benzene rings is 2. The summed E-state index contributed by atoms with van der Waals surface area (Å²) < 4.78 is 5.75. The highest BCUT2D eigenvalue weighted by Gasteiger charge is 2.06. The SMILES string of the molecule is Cc1cccc(Oc2cc(C#N)c3ccccc3n2)c1. The van der Waals surface area contributed by atoms with Gasteiger partial charge in [-0.2, -0.15) is 5.26 Å². The maximum Gasteiger partial charge on any atom is 0.221 e. The topological polar surface area (TPSA) is 45.9 Å². The van der Waals surface area contributed by atoms with Crippen molar-refractivity contribution in [1.82, 2.24) is 4.98 Å². The first kappa shape index (κ1) is 12.2. The summed E-state index contributed by atoms with van der Waals surface area (Å²) in [6, 6.07) is 19.1. The third-order valence-electron chi connectivity index (χ3n) is 3.03.